The second kappa shape index (κ2) is 7.64. The van der Waals surface area contributed by atoms with Crippen LogP contribution in [0.2, 0.25) is 0 Å². The van der Waals surface area contributed by atoms with Crippen LogP contribution in [0.25, 0.3) is 0 Å². The van der Waals surface area contributed by atoms with Crippen LogP contribution in [0.15, 0.2) is 42.5 Å². The van der Waals surface area contributed by atoms with Crippen molar-refractivity contribution in [3.63, 3.8) is 0 Å². The van der Waals surface area contributed by atoms with Gasteiger partial charge in [0.1, 0.15) is 0 Å². The minimum atomic E-state index is 0.0406. The summed E-state index contributed by atoms with van der Waals surface area (Å²) in [6.45, 7) is 4.21. The summed E-state index contributed by atoms with van der Waals surface area (Å²) in [6.07, 6.45) is 2.92. The van der Waals surface area contributed by atoms with E-state index in [4.69, 9.17) is 5.73 Å². The molecular formula is C19H24N2O. The second-order valence-corrected chi connectivity index (χ2v) is 5.41. The number of anilines is 2. The Hall–Kier alpha value is -2.29. The third-order valence-electron chi connectivity index (χ3n) is 3.94. The lowest BCUT2D eigenvalue weighted by molar-refractivity contribution is -0.116. The maximum absolute atomic E-state index is 12.3. The molecule has 0 atom stereocenters. The van der Waals surface area contributed by atoms with Gasteiger partial charge in [0, 0.05) is 17.8 Å². The van der Waals surface area contributed by atoms with Crippen LogP contribution in [0.5, 0.6) is 0 Å². The van der Waals surface area contributed by atoms with E-state index in [1.165, 1.54) is 11.1 Å². The highest BCUT2D eigenvalue weighted by atomic mass is 16.1. The molecule has 2 aromatic carbocycles. The first-order valence-corrected chi connectivity index (χ1v) is 7.89. The standard InChI is InChI=1S/C19H24N2O/c1-3-14-9-7-10-15(4-2)19(14)21-18(22)13-12-16-8-5-6-11-17(16)20/h5-11H,3-4,12-13,20H2,1-2H3,(H,21,22). The van der Waals surface area contributed by atoms with E-state index < -0.39 is 0 Å². The van der Waals surface area contributed by atoms with Gasteiger partial charge in [-0.1, -0.05) is 50.2 Å². The van der Waals surface area contributed by atoms with Gasteiger partial charge < -0.3 is 11.1 Å². The molecule has 0 saturated heterocycles. The van der Waals surface area contributed by atoms with E-state index in [-0.39, 0.29) is 5.91 Å². The van der Waals surface area contributed by atoms with Crippen molar-refractivity contribution in [1.29, 1.82) is 0 Å². The van der Waals surface area contributed by atoms with E-state index in [0.29, 0.717) is 12.8 Å². The summed E-state index contributed by atoms with van der Waals surface area (Å²) in [5, 5.41) is 3.09. The Bertz CT molecular complexity index is 627. The number of para-hydroxylation sites is 2. The van der Waals surface area contributed by atoms with Gasteiger partial charge in [-0.15, -0.1) is 0 Å². The molecule has 0 saturated carbocycles. The van der Waals surface area contributed by atoms with Gasteiger partial charge in [0.15, 0.2) is 0 Å². The van der Waals surface area contributed by atoms with Crippen LogP contribution in [0, 0.1) is 0 Å². The van der Waals surface area contributed by atoms with E-state index in [0.717, 1.165) is 29.8 Å². The number of rotatable bonds is 6. The molecule has 3 heteroatoms. The molecule has 0 aliphatic carbocycles. The number of benzene rings is 2. The van der Waals surface area contributed by atoms with Gasteiger partial charge in [0.25, 0.3) is 0 Å². The normalized spacial score (nSPS) is 10.5. The van der Waals surface area contributed by atoms with Crippen LogP contribution in [-0.2, 0) is 24.1 Å². The molecule has 116 valence electrons. The van der Waals surface area contributed by atoms with Crippen LogP contribution in [0.1, 0.15) is 37.0 Å². The largest absolute Gasteiger partial charge is 0.399 e. The first-order chi connectivity index (χ1) is 10.7. The van der Waals surface area contributed by atoms with Crippen molar-refractivity contribution >= 4 is 17.3 Å². The predicted octanol–water partition coefficient (Wildman–Crippen LogP) is 3.96. The van der Waals surface area contributed by atoms with Crippen molar-refractivity contribution in [2.45, 2.75) is 39.5 Å². The van der Waals surface area contributed by atoms with Crippen LogP contribution >= 0.6 is 0 Å². The van der Waals surface area contributed by atoms with Gasteiger partial charge in [-0.05, 0) is 42.0 Å². The SMILES string of the molecule is CCc1cccc(CC)c1NC(=O)CCc1ccccc1N. The Labute approximate surface area is 132 Å². The minimum absolute atomic E-state index is 0.0406. The highest BCUT2D eigenvalue weighted by Gasteiger charge is 2.10. The molecule has 0 radical (unpaired) electrons. The molecule has 2 rings (SSSR count). The summed E-state index contributed by atoms with van der Waals surface area (Å²) < 4.78 is 0. The molecule has 1 amide bonds. The molecule has 0 aromatic heterocycles. The van der Waals surface area contributed by atoms with Crippen LogP contribution in [0.3, 0.4) is 0 Å². The third kappa shape index (κ3) is 3.88. The fourth-order valence-corrected chi connectivity index (χ4v) is 2.62. The van der Waals surface area contributed by atoms with Gasteiger partial charge in [-0.2, -0.15) is 0 Å². The fraction of sp³-hybridized carbons (Fsp3) is 0.316. The van der Waals surface area contributed by atoms with Gasteiger partial charge >= 0.3 is 0 Å². The van der Waals surface area contributed by atoms with Gasteiger partial charge in [0.05, 0.1) is 0 Å². The Morgan fingerprint density at radius 1 is 0.955 bits per heavy atom. The molecule has 0 bridgehead atoms. The van der Waals surface area contributed by atoms with Crippen molar-refractivity contribution in [2.75, 3.05) is 11.1 Å². The molecule has 0 fully saturated rings. The van der Waals surface area contributed by atoms with Crippen molar-refractivity contribution in [3.8, 4) is 0 Å². The number of nitrogen functional groups attached to an aromatic ring is 1. The summed E-state index contributed by atoms with van der Waals surface area (Å²) in [5.74, 6) is 0.0406. The number of nitrogens with one attached hydrogen (secondary N) is 1. The Morgan fingerprint density at radius 3 is 2.14 bits per heavy atom. The molecule has 0 aliphatic heterocycles. The molecule has 0 heterocycles. The first kappa shape index (κ1) is 16.1. The zero-order valence-electron chi connectivity index (χ0n) is 13.4. The summed E-state index contributed by atoms with van der Waals surface area (Å²) in [4.78, 5) is 12.3. The topological polar surface area (TPSA) is 55.1 Å². The van der Waals surface area contributed by atoms with E-state index in [1.807, 2.05) is 24.3 Å². The quantitative estimate of drug-likeness (QED) is 0.793. The lowest BCUT2D eigenvalue weighted by Crippen LogP contribution is -2.15. The van der Waals surface area contributed by atoms with Gasteiger partial charge in [-0.3, -0.25) is 4.79 Å². The number of hydrogen-bond acceptors (Lipinski definition) is 2. The summed E-state index contributed by atoms with van der Waals surface area (Å²) in [7, 11) is 0. The third-order valence-corrected chi connectivity index (χ3v) is 3.94. The zero-order valence-corrected chi connectivity index (χ0v) is 13.4. The van der Waals surface area contributed by atoms with Crippen LogP contribution in [0.4, 0.5) is 11.4 Å². The fourth-order valence-electron chi connectivity index (χ4n) is 2.62. The molecule has 22 heavy (non-hydrogen) atoms. The highest BCUT2D eigenvalue weighted by Crippen LogP contribution is 2.23. The van der Waals surface area contributed by atoms with Crippen molar-refractivity contribution in [3.05, 3.63) is 59.2 Å². The molecule has 3 N–H and O–H groups in total. The zero-order chi connectivity index (χ0) is 15.9. The maximum atomic E-state index is 12.3. The minimum Gasteiger partial charge on any atom is -0.399 e. The predicted molar refractivity (Wildman–Crippen MR) is 93.0 cm³/mol. The first-order valence-electron chi connectivity index (χ1n) is 7.89. The van der Waals surface area contributed by atoms with Gasteiger partial charge in [0.2, 0.25) is 5.91 Å². The van der Waals surface area contributed by atoms with Crippen LogP contribution in [-0.4, -0.2) is 5.91 Å². The van der Waals surface area contributed by atoms with Crippen LogP contribution < -0.4 is 11.1 Å². The molecule has 0 unspecified atom stereocenters. The number of carbonyl (C=O) groups is 1. The second-order valence-electron chi connectivity index (χ2n) is 5.41. The monoisotopic (exact) mass is 296 g/mol. The van der Waals surface area contributed by atoms with E-state index in [1.54, 1.807) is 0 Å². The molecule has 2 aromatic rings. The molecule has 0 aliphatic rings. The van der Waals surface area contributed by atoms with E-state index >= 15 is 0 Å². The summed E-state index contributed by atoms with van der Waals surface area (Å²) in [6, 6.07) is 13.9. The summed E-state index contributed by atoms with van der Waals surface area (Å²) in [5.41, 5.74) is 11.1. The van der Waals surface area contributed by atoms with Crippen molar-refractivity contribution in [1.82, 2.24) is 0 Å². The van der Waals surface area contributed by atoms with Gasteiger partial charge in [-0.25, -0.2) is 0 Å². The highest BCUT2D eigenvalue weighted by molar-refractivity contribution is 5.92. The molecular weight excluding hydrogens is 272 g/mol. The number of amides is 1. The average molecular weight is 296 g/mol. The Kier molecular flexibility index (Phi) is 5.59. The van der Waals surface area contributed by atoms with Crippen molar-refractivity contribution < 1.29 is 4.79 Å². The molecule has 0 spiro atoms. The number of nitrogens with two attached hydrogens (primary N) is 1. The number of hydrogen-bond donors (Lipinski definition) is 2. The average Bonchev–Trinajstić information content (AvgIpc) is 2.54. The Balaban J connectivity index is 2.05. The number of aryl methyl sites for hydroxylation is 3. The number of carbonyl (C=O) groups excluding carboxylic acids is 1. The Morgan fingerprint density at radius 2 is 1.55 bits per heavy atom. The lowest BCUT2D eigenvalue weighted by atomic mass is 10.0. The summed E-state index contributed by atoms with van der Waals surface area (Å²) >= 11 is 0. The van der Waals surface area contributed by atoms with Crippen molar-refractivity contribution in [2.24, 2.45) is 0 Å². The smallest absolute Gasteiger partial charge is 0.224 e. The maximum Gasteiger partial charge on any atom is 0.224 e. The molecule has 3 nitrogen and oxygen atoms in total. The lowest BCUT2D eigenvalue weighted by Gasteiger charge is -2.14. The van der Waals surface area contributed by atoms with E-state index in [2.05, 4.69) is 37.4 Å². The van der Waals surface area contributed by atoms with E-state index in [9.17, 15) is 4.79 Å².